The van der Waals surface area contributed by atoms with Crippen molar-refractivity contribution in [3.63, 3.8) is 0 Å². The lowest BCUT2D eigenvalue weighted by Gasteiger charge is -2.33. The zero-order chi connectivity index (χ0) is 10.0. The largest absolute Gasteiger partial charge is 0.393 e. The first-order valence-corrected chi connectivity index (χ1v) is 5.37. The molecule has 0 aromatic carbocycles. The van der Waals surface area contributed by atoms with Crippen LogP contribution in [-0.2, 0) is 0 Å². The van der Waals surface area contributed by atoms with Crippen LogP contribution in [0.3, 0.4) is 0 Å². The summed E-state index contributed by atoms with van der Waals surface area (Å²) >= 11 is 0. The molecule has 1 aliphatic rings. The summed E-state index contributed by atoms with van der Waals surface area (Å²) in [5.74, 6) is 1.41. The maximum absolute atomic E-state index is 9.98. The van der Waals surface area contributed by atoms with Gasteiger partial charge in [-0.15, -0.1) is 0 Å². The fraction of sp³-hybridized carbons (Fsp3) is 0.833. The lowest BCUT2D eigenvalue weighted by molar-refractivity contribution is 0.0409. The number of rotatable bonds is 2. The van der Waals surface area contributed by atoms with E-state index in [9.17, 15) is 5.11 Å². The van der Waals surface area contributed by atoms with Gasteiger partial charge in [0.25, 0.3) is 0 Å². The van der Waals surface area contributed by atoms with Crippen molar-refractivity contribution >= 4 is 0 Å². The highest BCUT2D eigenvalue weighted by molar-refractivity contribution is 5.07. The van der Waals surface area contributed by atoms with Crippen molar-refractivity contribution in [2.24, 2.45) is 17.8 Å². The van der Waals surface area contributed by atoms with E-state index >= 15 is 0 Å². The Hall–Kier alpha value is -0.300. The molecule has 3 unspecified atom stereocenters. The first-order chi connectivity index (χ1) is 6.02. The predicted molar refractivity (Wildman–Crippen MR) is 56.5 cm³/mol. The number of hydrogen-bond donors (Lipinski definition) is 1. The van der Waals surface area contributed by atoms with E-state index in [4.69, 9.17) is 0 Å². The van der Waals surface area contributed by atoms with Crippen molar-refractivity contribution in [1.29, 1.82) is 0 Å². The summed E-state index contributed by atoms with van der Waals surface area (Å²) in [7, 11) is 0. The van der Waals surface area contributed by atoms with Crippen molar-refractivity contribution in [1.82, 2.24) is 0 Å². The van der Waals surface area contributed by atoms with E-state index in [1.807, 2.05) is 0 Å². The molecule has 0 aromatic rings. The molecule has 0 amide bonds. The second-order valence-corrected chi connectivity index (χ2v) is 4.81. The molecule has 0 aliphatic heterocycles. The minimum absolute atomic E-state index is 0.126. The molecule has 0 aromatic heterocycles. The smallest absolute Gasteiger partial charge is 0.0596 e. The standard InChI is InChI=1S/C12H22O/c1-8(2)12(13)11-6-5-9(3)7-10(11)4/h7-8,10-13H,5-6H2,1-4H3. The SMILES string of the molecule is CC1=CC(C)C(C(O)C(C)C)CC1. The number of hydrogen-bond acceptors (Lipinski definition) is 1. The Morgan fingerprint density at radius 3 is 2.54 bits per heavy atom. The minimum Gasteiger partial charge on any atom is -0.393 e. The molecular weight excluding hydrogens is 160 g/mol. The van der Waals surface area contributed by atoms with Gasteiger partial charge in [0.2, 0.25) is 0 Å². The van der Waals surface area contributed by atoms with Gasteiger partial charge in [0.05, 0.1) is 6.10 Å². The number of aliphatic hydroxyl groups is 1. The van der Waals surface area contributed by atoms with E-state index in [-0.39, 0.29) is 6.10 Å². The number of allylic oxidation sites excluding steroid dienone is 2. The van der Waals surface area contributed by atoms with Crippen LogP contribution in [0.4, 0.5) is 0 Å². The van der Waals surface area contributed by atoms with Gasteiger partial charge in [-0.2, -0.15) is 0 Å². The zero-order valence-electron chi connectivity index (χ0n) is 9.25. The number of aliphatic hydroxyl groups excluding tert-OH is 1. The van der Waals surface area contributed by atoms with Crippen LogP contribution in [0.1, 0.15) is 40.5 Å². The van der Waals surface area contributed by atoms with Gasteiger partial charge in [-0.1, -0.05) is 32.4 Å². The van der Waals surface area contributed by atoms with Crippen molar-refractivity contribution in [3.8, 4) is 0 Å². The quantitative estimate of drug-likeness (QED) is 0.651. The molecule has 0 bridgehead atoms. The van der Waals surface area contributed by atoms with E-state index in [1.165, 1.54) is 12.0 Å². The monoisotopic (exact) mass is 182 g/mol. The van der Waals surface area contributed by atoms with Gasteiger partial charge in [-0.3, -0.25) is 0 Å². The van der Waals surface area contributed by atoms with Crippen LogP contribution in [0.2, 0.25) is 0 Å². The molecule has 1 rings (SSSR count). The molecule has 0 saturated heterocycles. The molecule has 0 fully saturated rings. The summed E-state index contributed by atoms with van der Waals surface area (Å²) in [5.41, 5.74) is 1.49. The van der Waals surface area contributed by atoms with Gasteiger partial charge in [0, 0.05) is 0 Å². The molecule has 0 heterocycles. The van der Waals surface area contributed by atoms with Crippen molar-refractivity contribution in [3.05, 3.63) is 11.6 Å². The fourth-order valence-corrected chi connectivity index (χ4v) is 2.29. The van der Waals surface area contributed by atoms with E-state index in [2.05, 4.69) is 33.8 Å². The van der Waals surface area contributed by atoms with Crippen molar-refractivity contribution in [2.75, 3.05) is 0 Å². The third-order valence-electron chi connectivity index (χ3n) is 3.22. The minimum atomic E-state index is -0.126. The van der Waals surface area contributed by atoms with Crippen LogP contribution >= 0.6 is 0 Å². The molecule has 0 saturated carbocycles. The fourth-order valence-electron chi connectivity index (χ4n) is 2.29. The van der Waals surface area contributed by atoms with Gasteiger partial charge < -0.3 is 5.11 Å². The second kappa shape index (κ2) is 4.28. The molecule has 1 aliphatic carbocycles. The third-order valence-corrected chi connectivity index (χ3v) is 3.22. The summed E-state index contributed by atoms with van der Waals surface area (Å²) in [6.07, 6.45) is 4.51. The molecule has 1 heteroatoms. The Balaban J connectivity index is 2.62. The predicted octanol–water partition coefficient (Wildman–Crippen LogP) is 3.00. The highest BCUT2D eigenvalue weighted by Gasteiger charge is 2.28. The Kier molecular flexibility index (Phi) is 3.55. The van der Waals surface area contributed by atoms with E-state index < -0.39 is 0 Å². The van der Waals surface area contributed by atoms with Crippen LogP contribution < -0.4 is 0 Å². The molecule has 76 valence electrons. The second-order valence-electron chi connectivity index (χ2n) is 4.81. The first kappa shape index (κ1) is 10.8. The highest BCUT2D eigenvalue weighted by Crippen LogP contribution is 2.32. The molecule has 0 spiro atoms. The summed E-state index contributed by atoms with van der Waals surface area (Å²) in [6.45, 7) is 8.61. The summed E-state index contributed by atoms with van der Waals surface area (Å²) in [6, 6.07) is 0. The maximum atomic E-state index is 9.98. The first-order valence-electron chi connectivity index (χ1n) is 5.37. The molecule has 13 heavy (non-hydrogen) atoms. The van der Waals surface area contributed by atoms with Crippen molar-refractivity contribution in [2.45, 2.75) is 46.6 Å². The molecule has 0 radical (unpaired) electrons. The summed E-state index contributed by atoms with van der Waals surface area (Å²) in [5, 5.41) is 9.98. The zero-order valence-corrected chi connectivity index (χ0v) is 9.25. The lowest BCUT2D eigenvalue weighted by Crippen LogP contribution is -2.31. The van der Waals surface area contributed by atoms with Crippen LogP contribution in [0.5, 0.6) is 0 Å². The molecule has 1 N–H and O–H groups in total. The van der Waals surface area contributed by atoms with E-state index in [1.54, 1.807) is 0 Å². The molecule has 1 nitrogen and oxygen atoms in total. The Labute approximate surface area is 81.9 Å². The van der Waals surface area contributed by atoms with Crippen LogP contribution in [0.15, 0.2) is 11.6 Å². The van der Waals surface area contributed by atoms with Gasteiger partial charge in [0.1, 0.15) is 0 Å². The van der Waals surface area contributed by atoms with Gasteiger partial charge >= 0.3 is 0 Å². The van der Waals surface area contributed by atoms with Crippen LogP contribution in [0, 0.1) is 17.8 Å². The normalized spacial score (nSPS) is 31.7. The molecule has 3 atom stereocenters. The third kappa shape index (κ3) is 2.57. The summed E-state index contributed by atoms with van der Waals surface area (Å²) < 4.78 is 0. The average Bonchev–Trinajstić information content (AvgIpc) is 2.03. The van der Waals surface area contributed by atoms with E-state index in [0.717, 1.165) is 6.42 Å². The highest BCUT2D eigenvalue weighted by atomic mass is 16.3. The van der Waals surface area contributed by atoms with Gasteiger partial charge in [-0.25, -0.2) is 0 Å². The topological polar surface area (TPSA) is 20.2 Å². The van der Waals surface area contributed by atoms with Gasteiger partial charge in [-0.05, 0) is 37.5 Å². The Morgan fingerprint density at radius 2 is 2.08 bits per heavy atom. The average molecular weight is 182 g/mol. The van der Waals surface area contributed by atoms with Gasteiger partial charge in [0.15, 0.2) is 0 Å². The Morgan fingerprint density at radius 1 is 1.46 bits per heavy atom. The lowest BCUT2D eigenvalue weighted by atomic mass is 9.76. The molecular formula is C12H22O. The van der Waals surface area contributed by atoms with Crippen LogP contribution in [0.25, 0.3) is 0 Å². The van der Waals surface area contributed by atoms with E-state index in [0.29, 0.717) is 17.8 Å². The maximum Gasteiger partial charge on any atom is 0.0596 e. The Bertz CT molecular complexity index is 193. The summed E-state index contributed by atoms with van der Waals surface area (Å²) in [4.78, 5) is 0. The van der Waals surface area contributed by atoms with Crippen LogP contribution in [-0.4, -0.2) is 11.2 Å². The van der Waals surface area contributed by atoms with Crippen molar-refractivity contribution < 1.29 is 5.11 Å².